The van der Waals surface area contributed by atoms with Gasteiger partial charge in [-0.3, -0.25) is 0 Å². The molecule has 0 radical (unpaired) electrons. The maximum Gasteiger partial charge on any atom is 1.00 e. The average Bonchev–Trinajstić information content (AvgIpc) is 3.30. The van der Waals surface area contributed by atoms with Crippen LogP contribution in [0, 0.1) is 12.5 Å². The molecule has 29 heteroatoms. The number of hydrogen-bond acceptors (Lipinski definition) is 28. The summed E-state index contributed by atoms with van der Waals surface area (Å²) in [6.45, 7) is -0.224. The summed E-state index contributed by atoms with van der Waals surface area (Å²) in [6, 6.07) is 0. The van der Waals surface area contributed by atoms with Gasteiger partial charge in [-0.05, 0) is 18.4 Å². The van der Waals surface area contributed by atoms with Gasteiger partial charge >= 0.3 is 51.4 Å². The third kappa shape index (κ3) is 12.7. The van der Waals surface area contributed by atoms with Gasteiger partial charge in [-0.2, -0.15) is 6.61 Å². The summed E-state index contributed by atoms with van der Waals surface area (Å²) < 4.78 is 66.4. The molecule has 0 aromatic rings. The Hall–Kier alpha value is 0.516. The van der Waals surface area contributed by atoms with Crippen molar-refractivity contribution >= 4 is 0 Å². The minimum Gasteiger partial charge on any atom is -0.525 e. The summed E-state index contributed by atoms with van der Waals surface area (Å²) >= 11 is 0. The Morgan fingerprint density at radius 2 is 0.910 bits per heavy atom. The smallest absolute Gasteiger partial charge is 0.525 e. The molecule has 5 aliphatic heterocycles. The quantitative estimate of drug-likeness (QED) is 0.0504. The Balaban J connectivity index is 0.00000840. The van der Waals surface area contributed by atoms with Crippen LogP contribution in [0.3, 0.4) is 0 Å². The molecule has 29 atom stereocenters. The van der Waals surface area contributed by atoms with Gasteiger partial charge in [-0.25, -0.2) is 0 Å². The molecule has 6 rings (SSSR count). The molecule has 5 heterocycles. The fraction of sp³-hybridized carbons (Fsp3) is 0.974. The predicted molar refractivity (Wildman–Crippen MR) is 204 cm³/mol. The first-order valence-electron chi connectivity index (χ1n) is 21.4. The van der Waals surface area contributed by atoms with Gasteiger partial charge in [0.2, 0.25) is 0 Å². The Bertz CT molecular complexity index is 1480. The monoisotopic (exact) mass is 1010 g/mol. The van der Waals surface area contributed by atoms with E-state index in [0.29, 0.717) is 0 Å². The summed E-state index contributed by atoms with van der Waals surface area (Å²) in [5.74, 6) is -0.740. The number of rotatable bonds is 16. The first-order valence-corrected chi connectivity index (χ1v) is 21.4. The summed E-state index contributed by atoms with van der Waals surface area (Å²) in [4.78, 5) is 0. The van der Waals surface area contributed by atoms with E-state index in [1.165, 1.54) is 7.11 Å². The first-order chi connectivity index (χ1) is 31.3. The maximum atomic E-state index is 11.4. The van der Waals surface area contributed by atoms with Crippen LogP contribution < -0.4 is 51.4 Å². The van der Waals surface area contributed by atoms with Crippen LogP contribution in [-0.2, 0) is 56.8 Å². The fourth-order valence-electron chi connectivity index (χ4n) is 8.74. The van der Waals surface area contributed by atoms with E-state index in [0.717, 1.165) is 13.7 Å². The molecule has 0 aromatic heterocycles. The number of aliphatic hydroxyl groups excluding tert-OH is 16. The van der Waals surface area contributed by atoms with Crippen molar-refractivity contribution in [2.75, 3.05) is 40.6 Å². The zero-order chi connectivity index (χ0) is 48.5. The largest absolute Gasteiger partial charge is 1.00 e. The van der Waals surface area contributed by atoms with E-state index in [-0.39, 0.29) is 57.8 Å². The number of aliphatic hydroxyl groups is 16. The SMILES string of the molecule is CO[C@@H]1OC(CO[C@H]2OC(CO[C@@H]3OC(CO)[C@@H](O)[C@H](O)C3O)[C@@H](O)[C@H](O)C2O)[C@@H](O)[C@H](O[C@@H]2CC(C)[C@H](O[C@@H]3OC(CO)[C@@H](O[C@@H]4O[CH-][C@@H](OC)C(O)C4O)[C@H](O)C3O)[C@H](O)C2O)C1O.[K+]. The zero-order valence-corrected chi connectivity index (χ0v) is 40.0. The van der Waals surface area contributed by atoms with Gasteiger partial charge in [-0.15, -0.1) is 0 Å². The van der Waals surface area contributed by atoms with Gasteiger partial charge in [0.05, 0.1) is 44.7 Å². The van der Waals surface area contributed by atoms with E-state index in [4.69, 9.17) is 56.8 Å². The van der Waals surface area contributed by atoms with Crippen molar-refractivity contribution < 1.29 is 190 Å². The van der Waals surface area contributed by atoms with E-state index in [1.54, 1.807) is 6.92 Å². The average molecular weight is 1010 g/mol. The predicted octanol–water partition coefficient (Wildman–Crippen LogP) is -13.3. The Morgan fingerprint density at radius 1 is 0.433 bits per heavy atom. The third-order valence-corrected chi connectivity index (χ3v) is 12.8. The number of methoxy groups -OCH3 is 2. The molecule has 6 aliphatic rings. The van der Waals surface area contributed by atoms with Crippen LogP contribution in [0.25, 0.3) is 0 Å². The molecule has 5 saturated heterocycles. The Morgan fingerprint density at radius 3 is 1.48 bits per heavy atom. The van der Waals surface area contributed by atoms with E-state index in [1.807, 2.05) is 0 Å². The molecule has 0 aromatic carbocycles. The molecular weight excluding hydrogens is 943 g/mol. The maximum absolute atomic E-state index is 11.4. The second-order valence-corrected chi connectivity index (χ2v) is 17.2. The van der Waals surface area contributed by atoms with Crippen LogP contribution >= 0.6 is 0 Å². The number of ether oxygens (including phenoxy) is 12. The van der Waals surface area contributed by atoms with Gasteiger partial charge in [0, 0.05) is 14.2 Å². The Kier molecular flexibility index (Phi) is 22.4. The zero-order valence-electron chi connectivity index (χ0n) is 36.9. The standard InChI is InChI=1S/C38H65O28.K/c1-10-4-11(17(41)24(48)31(10)65-38-29(53)25(49)32(13(6-40)62-38)66-37-26(50)19(43)14(55-2)7-57-37)60-33-21(45)16(63-34(56-3)30(33)54)9-59-36-28(52)23(47)20(44)15(64-36)8-58-35-27(51)22(46)18(42)12(5-39)61-35;/h7,10-54H,4-6,8-9H2,1-3H3;/q-1;+1/t10?,11-,12?,13?,14-,15?,16?,17?,18-,19?,20-,21-,22+,23+,24-,25-,26?,27?,28?,29?,30?,31+,32-,33+,34-,35-,36+,37+,38+;/m1./s1. The molecule has 28 nitrogen and oxygen atoms in total. The minimum absolute atomic E-state index is 0. The van der Waals surface area contributed by atoms with Crippen LogP contribution in [-0.4, -0.2) is 294 Å². The molecule has 67 heavy (non-hydrogen) atoms. The summed E-state index contributed by atoms with van der Waals surface area (Å²) in [6.07, 6.45) is -45.5. The van der Waals surface area contributed by atoms with Gasteiger partial charge < -0.3 is 139 Å². The van der Waals surface area contributed by atoms with Crippen LogP contribution in [0.2, 0.25) is 0 Å². The second kappa shape index (κ2) is 25.6. The van der Waals surface area contributed by atoms with Crippen molar-refractivity contribution in [2.45, 2.75) is 185 Å². The Labute approximate surface area is 425 Å². The van der Waals surface area contributed by atoms with Crippen LogP contribution in [0.1, 0.15) is 13.3 Å². The fourth-order valence-corrected chi connectivity index (χ4v) is 8.74. The molecule has 1 aliphatic carbocycles. The molecule has 6 fully saturated rings. The van der Waals surface area contributed by atoms with Crippen LogP contribution in [0.15, 0.2) is 0 Å². The minimum atomic E-state index is -1.90. The molecular formula is C38H65KO28. The molecule has 0 spiro atoms. The normalized spacial score (nSPS) is 52.1. The van der Waals surface area contributed by atoms with E-state index in [2.05, 4.69) is 0 Å². The van der Waals surface area contributed by atoms with E-state index < -0.39 is 204 Å². The van der Waals surface area contributed by atoms with E-state index >= 15 is 0 Å². The molecule has 16 N–H and O–H groups in total. The van der Waals surface area contributed by atoms with Crippen molar-refractivity contribution in [2.24, 2.45) is 5.92 Å². The summed E-state index contributed by atoms with van der Waals surface area (Å²) in [7, 11) is 2.43. The molecule has 0 amide bonds. The van der Waals surface area contributed by atoms with Crippen LogP contribution in [0.4, 0.5) is 0 Å². The van der Waals surface area contributed by atoms with Crippen LogP contribution in [0.5, 0.6) is 0 Å². The first kappa shape index (κ1) is 58.4. The topological polar surface area (TPSA) is 434 Å². The van der Waals surface area contributed by atoms with Crippen molar-refractivity contribution in [1.82, 2.24) is 0 Å². The van der Waals surface area contributed by atoms with Gasteiger partial charge in [0.25, 0.3) is 0 Å². The van der Waals surface area contributed by atoms with E-state index in [9.17, 15) is 81.7 Å². The van der Waals surface area contributed by atoms with Crippen molar-refractivity contribution in [3.8, 4) is 0 Å². The number of hydrogen-bond donors (Lipinski definition) is 16. The summed E-state index contributed by atoms with van der Waals surface area (Å²) in [5.41, 5.74) is 0. The van der Waals surface area contributed by atoms with Crippen molar-refractivity contribution in [3.63, 3.8) is 0 Å². The molecule has 1 saturated carbocycles. The third-order valence-electron chi connectivity index (χ3n) is 12.8. The second-order valence-electron chi connectivity index (χ2n) is 17.2. The molecule has 0 bridgehead atoms. The van der Waals surface area contributed by atoms with Crippen molar-refractivity contribution in [3.05, 3.63) is 6.61 Å². The van der Waals surface area contributed by atoms with Gasteiger partial charge in [0.1, 0.15) is 116 Å². The van der Waals surface area contributed by atoms with Crippen molar-refractivity contribution in [1.29, 1.82) is 0 Å². The summed E-state index contributed by atoms with van der Waals surface area (Å²) in [5, 5.41) is 170. The van der Waals surface area contributed by atoms with Gasteiger partial charge in [0.15, 0.2) is 31.5 Å². The molecule has 386 valence electrons. The van der Waals surface area contributed by atoms with Gasteiger partial charge in [-0.1, -0.05) is 6.92 Å². The molecule has 12 unspecified atom stereocenters.